The first-order valence-electron chi connectivity index (χ1n) is 10.1. The standard InChI is InChI=1S/C22H29N3O3/c1-15(16-9-11-23-12-10-16)24-13-17-14-27-20-7-3-5-18(22(20)28-17)19-6-4-8-21(25-19)26-2/h3-8,15-17,23-24H,9-14H2,1-2H3. The van der Waals surface area contributed by atoms with Gasteiger partial charge in [0, 0.05) is 24.2 Å². The van der Waals surface area contributed by atoms with Gasteiger partial charge in [-0.05, 0) is 57.0 Å². The first-order valence-corrected chi connectivity index (χ1v) is 10.1. The van der Waals surface area contributed by atoms with Crippen LogP contribution in [0.2, 0.25) is 0 Å². The number of methoxy groups -OCH3 is 1. The molecule has 1 aromatic heterocycles. The third-order valence-corrected chi connectivity index (χ3v) is 5.66. The lowest BCUT2D eigenvalue weighted by molar-refractivity contribution is 0.0865. The molecule has 1 saturated heterocycles. The Balaban J connectivity index is 1.45. The minimum atomic E-state index is -0.0246. The fourth-order valence-corrected chi connectivity index (χ4v) is 3.94. The van der Waals surface area contributed by atoms with Crippen LogP contribution in [0.25, 0.3) is 11.3 Å². The van der Waals surface area contributed by atoms with Crippen LogP contribution in [-0.2, 0) is 0 Å². The van der Waals surface area contributed by atoms with Crippen molar-refractivity contribution in [2.45, 2.75) is 31.9 Å². The summed E-state index contributed by atoms with van der Waals surface area (Å²) >= 11 is 0. The highest BCUT2D eigenvalue weighted by atomic mass is 16.6. The molecule has 2 atom stereocenters. The fourth-order valence-electron chi connectivity index (χ4n) is 3.94. The number of piperidine rings is 1. The van der Waals surface area contributed by atoms with Crippen LogP contribution in [0, 0.1) is 5.92 Å². The number of rotatable bonds is 6. The summed E-state index contributed by atoms with van der Waals surface area (Å²) in [6.45, 7) is 5.82. The third kappa shape index (κ3) is 4.23. The summed E-state index contributed by atoms with van der Waals surface area (Å²) < 4.78 is 17.6. The number of ether oxygens (including phenoxy) is 3. The molecule has 0 spiro atoms. The summed E-state index contributed by atoms with van der Waals surface area (Å²) in [4.78, 5) is 4.55. The molecule has 2 N–H and O–H groups in total. The summed E-state index contributed by atoms with van der Waals surface area (Å²) in [5.41, 5.74) is 1.74. The van der Waals surface area contributed by atoms with Crippen LogP contribution in [0.1, 0.15) is 19.8 Å². The van der Waals surface area contributed by atoms with E-state index in [9.17, 15) is 0 Å². The van der Waals surface area contributed by atoms with Gasteiger partial charge >= 0.3 is 0 Å². The van der Waals surface area contributed by atoms with Crippen LogP contribution in [0.5, 0.6) is 17.4 Å². The average Bonchev–Trinajstić information content (AvgIpc) is 2.77. The van der Waals surface area contributed by atoms with Gasteiger partial charge in [0.2, 0.25) is 5.88 Å². The zero-order chi connectivity index (χ0) is 19.3. The Hall–Kier alpha value is -2.31. The Bertz CT molecular complexity index is 792. The van der Waals surface area contributed by atoms with Gasteiger partial charge in [-0.25, -0.2) is 4.98 Å². The fraction of sp³-hybridized carbons (Fsp3) is 0.500. The van der Waals surface area contributed by atoms with E-state index in [0.29, 0.717) is 18.5 Å². The van der Waals surface area contributed by atoms with Gasteiger partial charge in [0.15, 0.2) is 11.5 Å². The second-order valence-corrected chi connectivity index (χ2v) is 7.53. The molecular weight excluding hydrogens is 354 g/mol. The quantitative estimate of drug-likeness (QED) is 0.800. The molecule has 150 valence electrons. The normalized spacial score (nSPS) is 20.6. The molecule has 28 heavy (non-hydrogen) atoms. The van der Waals surface area contributed by atoms with Gasteiger partial charge in [-0.15, -0.1) is 0 Å². The van der Waals surface area contributed by atoms with Crippen LogP contribution >= 0.6 is 0 Å². The Labute approximate surface area is 166 Å². The molecule has 4 rings (SSSR count). The molecule has 0 aliphatic carbocycles. The van der Waals surface area contributed by atoms with Gasteiger partial charge in [-0.2, -0.15) is 0 Å². The van der Waals surface area contributed by atoms with Gasteiger partial charge in [0.25, 0.3) is 0 Å². The van der Waals surface area contributed by atoms with Crippen molar-refractivity contribution in [2.75, 3.05) is 33.4 Å². The second kappa shape index (κ2) is 8.80. The van der Waals surface area contributed by atoms with Crippen molar-refractivity contribution in [1.82, 2.24) is 15.6 Å². The van der Waals surface area contributed by atoms with E-state index in [-0.39, 0.29) is 6.10 Å². The monoisotopic (exact) mass is 383 g/mol. The predicted octanol–water partition coefficient (Wildman–Crippen LogP) is 2.87. The van der Waals surface area contributed by atoms with E-state index >= 15 is 0 Å². The van der Waals surface area contributed by atoms with E-state index in [2.05, 4.69) is 22.5 Å². The number of nitrogens with one attached hydrogen (secondary N) is 2. The topological polar surface area (TPSA) is 64.6 Å². The van der Waals surface area contributed by atoms with Crippen molar-refractivity contribution in [3.8, 4) is 28.6 Å². The minimum Gasteiger partial charge on any atom is -0.486 e. The van der Waals surface area contributed by atoms with Crippen molar-refractivity contribution in [1.29, 1.82) is 0 Å². The molecule has 6 nitrogen and oxygen atoms in total. The van der Waals surface area contributed by atoms with Crippen molar-refractivity contribution in [3.05, 3.63) is 36.4 Å². The van der Waals surface area contributed by atoms with Crippen LogP contribution in [0.15, 0.2) is 36.4 Å². The highest BCUT2D eigenvalue weighted by Crippen LogP contribution is 2.40. The van der Waals surface area contributed by atoms with Crippen molar-refractivity contribution in [2.24, 2.45) is 5.92 Å². The SMILES string of the molecule is COc1cccc(-c2cccc3c2OC(CNC(C)C2CCNCC2)CO3)n1. The zero-order valence-corrected chi connectivity index (χ0v) is 16.6. The Morgan fingerprint density at radius 2 is 2.04 bits per heavy atom. The van der Waals surface area contributed by atoms with Crippen molar-refractivity contribution >= 4 is 0 Å². The summed E-state index contributed by atoms with van der Waals surface area (Å²) in [5.74, 6) is 2.83. The van der Waals surface area contributed by atoms with E-state index in [1.807, 2.05) is 36.4 Å². The zero-order valence-electron chi connectivity index (χ0n) is 16.6. The second-order valence-electron chi connectivity index (χ2n) is 7.53. The summed E-state index contributed by atoms with van der Waals surface area (Å²) in [6, 6.07) is 12.1. The number of pyridine rings is 1. The number of fused-ring (bicyclic) bond motifs is 1. The summed E-state index contributed by atoms with van der Waals surface area (Å²) in [5, 5.41) is 7.09. The molecule has 1 fully saturated rings. The molecule has 2 aromatic rings. The Morgan fingerprint density at radius 1 is 1.21 bits per heavy atom. The summed E-state index contributed by atoms with van der Waals surface area (Å²) in [7, 11) is 1.62. The molecular formula is C22H29N3O3. The maximum Gasteiger partial charge on any atom is 0.213 e. The molecule has 3 heterocycles. The molecule has 1 aromatic carbocycles. The lowest BCUT2D eigenvalue weighted by Crippen LogP contribution is -2.46. The first kappa shape index (κ1) is 19.0. The highest BCUT2D eigenvalue weighted by Gasteiger charge is 2.26. The number of aromatic nitrogens is 1. The summed E-state index contributed by atoms with van der Waals surface area (Å²) in [6.07, 6.45) is 2.43. The Morgan fingerprint density at radius 3 is 2.86 bits per heavy atom. The first-order chi connectivity index (χ1) is 13.7. The van der Waals surface area contributed by atoms with Gasteiger partial charge in [0.1, 0.15) is 12.7 Å². The van der Waals surface area contributed by atoms with Crippen molar-refractivity contribution in [3.63, 3.8) is 0 Å². The predicted molar refractivity (Wildman–Crippen MR) is 109 cm³/mol. The van der Waals surface area contributed by atoms with E-state index < -0.39 is 0 Å². The third-order valence-electron chi connectivity index (χ3n) is 5.66. The number of nitrogens with zero attached hydrogens (tertiary/aromatic N) is 1. The van der Waals surface area contributed by atoms with Gasteiger partial charge in [-0.3, -0.25) is 0 Å². The molecule has 0 saturated carbocycles. The lowest BCUT2D eigenvalue weighted by Gasteiger charge is -2.32. The Kier molecular flexibility index (Phi) is 5.98. The van der Waals surface area contributed by atoms with Gasteiger partial charge in [-0.1, -0.05) is 12.1 Å². The molecule has 0 radical (unpaired) electrons. The number of hydrogen-bond acceptors (Lipinski definition) is 6. The van der Waals surface area contributed by atoms with Crippen molar-refractivity contribution < 1.29 is 14.2 Å². The highest BCUT2D eigenvalue weighted by molar-refractivity contribution is 5.71. The molecule has 0 amide bonds. The van der Waals surface area contributed by atoms with E-state index in [0.717, 1.165) is 48.3 Å². The molecule has 2 aliphatic heterocycles. The maximum atomic E-state index is 6.35. The van der Waals surface area contributed by atoms with E-state index in [4.69, 9.17) is 14.2 Å². The van der Waals surface area contributed by atoms with E-state index in [1.165, 1.54) is 12.8 Å². The molecule has 2 unspecified atom stereocenters. The van der Waals surface area contributed by atoms with Crippen LogP contribution in [0.3, 0.4) is 0 Å². The molecule has 2 aliphatic rings. The minimum absolute atomic E-state index is 0.0246. The van der Waals surface area contributed by atoms with Crippen LogP contribution < -0.4 is 24.8 Å². The molecule has 0 bridgehead atoms. The largest absolute Gasteiger partial charge is 0.486 e. The maximum absolute atomic E-state index is 6.35. The average molecular weight is 383 g/mol. The van der Waals surface area contributed by atoms with E-state index in [1.54, 1.807) is 7.11 Å². The van der Waals surface area contributed by atoms with Gasteiger partial charge in [0.05, 0.1) is 12.8 Å². The van der Waals surface area contributed by atoms with Crippen LogP contribution in [0.4, 0.5) is 0 Å². The number of hydrogen-bond donors (Lipinski definition) is 2. The number of benzene rings is 1. The van der Waals surface area contributed by atoms with Crippen LogP contribution in [-0.4, -0.2) is 50.5 Å². The van der Waals surface area contributed by atoms with Gasteiger partial charge < -0.3 is 24.8 Å². The molecule has 6 heteroatoms. The lowest BCUT2D eigenvalue weighted by atomic mass is 9.91. The smallest absolute Gasteiger partial charge is 0.213 e. The number of para-hydroxylation sites is 1.